The average Bonchev–Trinajstić information content (AvgIpc) is 2.93. The van der Waals surface area contributed by atoms with Gasteiger partial charge in [-0.3, -0.25) is 4.79 Å². The highest BCUT2D eigenvalue weighted by Gasteiger charge is 2.65. The van der Waals surface area contributed by atoms with Crippen molar-refractivity contribution in [1.29, 1.82) is 0 Å². The second-order valence-electron chi connectivity index (χ2n) is 17.5. The first kappa shape index (κ1) is 31.2. The van der Waals surface area contributed by atoms with Crippen molar-refractivity contribution in [3.05, 3.63) is 11.6 Å². The molecule has 4 saturated carbocycles. The Labute approximate surface area is 253 Å². The molecule has 42 heavy (non-hydrogen) atoms. The molecule has 6 heteroatoms. The van der Waals surface area contributed by atoms with Crippen molar-refractivity contribution in [2.75, 3.05) is 6.61 Å². The highest BCUT2D eigenvalue weighted by atomic mass is 16.5. The van der Waals surface area contributed by atoms with E-state index in [0.717, 1.165) is 32.1 Å². The first-order chi connectivity index (χ1) is 19.6. The molecule has 0 amide bonds. The number of carbonyl (C=O) groups excluding carboxylic acids is 1. The number of carbonyl (C=O) groups is 1. The summed E-state index contributed by atoms with van der Waals surface area (Å²) < 4.78 is 5.97. The van der Waals surface area contributed by atoms with Gasteiger partial charge in [0.05, 0.1) is 12.7 Å². The van der Waals surface area contributed by atoms with Gasteiger partial charge in [-0.25, -0.2) is 0 Å². The number of fused-ring (bicyclic) bond motifs is 7. The summed E-state index contributed by atoms with van der Waals surface area (Å²) in [4.78, 5) is 13.0. The summed E-state index contributed by atoms with van der Waals surface area (Å²) in [7, 11) is 0. The third kappa shape index (κ3) is 4.55. The molecule has 0 aromatic rings. The summed E-state index contributed by atoms with van der Waals surface area (Å²) in [6.45, 7) is 14.1. The number of hydrogen-bond donors (Lipinski definition) is 4. The lowest BCUT2D eigenvalue weighted by molar-refractivity contribution is -0.232. The molecule has 1 heterocycles. The molecule has 6 rings (SSSR count). The summed E-state index contributed by atoms with van der Waals surface area (Å²) in [5, 5.41) is 41.3. The summed E-state index contributed by atoms with van der Waals surface area (Å²) in [5.41, 5.74) is 2.38. The number of ether oxygens (including phenoxy) is 1. The molecule has 5 aliphatic carbocycles. The van der Waals surface area contributed by atoms with E-state index < -0.39 is 30.5 Å². The molecule has 0 aromatic heterocycles. The monoisotopic (exact) mass is 586 g/mol. The number of ketones is 1. The third-order valence-corrected chi connectivity index (χ3v) is 14.7. The van der Waals surface area contributed by atoms with Gasteiger partial charge in [-0.2, -0.15) is 0 Å². The van der Waals surface area contributed by atoms with E-state index in [0.29, 0.717) is 35.9 Å². The second kappa shape index (κ2) is 10.4. The first-order valence-corrected chi connectivity index (χ1v) is 17.1. The Morgan fingerprint density at radius 2 is 1.52 bits per heavy atom. The first-order valence-electron chi connectivity index (χ1n) is 17.1. The van der Waals surface area contributed by atoms with Crippen LogP contribution in [0, 0.1) is 50.7 Å². The van der Waals surface area contributed by atoms with Crippen LogP contribution in [-0.4, -0.2) is 63.3 Å². The van der Waals surface area contributed by atoms with E-state index in [2.05, 4.69) is 47.6 Å². The number of aliphatic hydroxyl groups excluding tert-OH is 4. The maximum Gasteiger partial charge on any atom is 0.138 e. The molecule has 4 N–H and O–H groups in total. The summed E-state index contributed by atoms with van der Waals surface area (Å²) >= 11 is 0. The summed E-state index contributed by atoms with van der Waals surface area (Å²) in [5.74, 6) is 2.65. The van der Waals surface area contributed by atoms with Crippen molar-refractivity contribution in [3.8, 4) is 0 Å². The van der Waals surface area contributed by atoms with Crippen LogP contribution in [0.5, 0.6) is 0 Å². The maximum absolute atomic E-state index is 13.0. The highest BCUT2D eigenvalue weighted by molar-refractivity contribution is 5.85. The Kier molecular flexibility index (Phi) is 7.70. The Balaban J connectivity index is 1.29. The van der Waals surface area contributed by atoms with E-state index >= 15 is 0 Å². The van der Waals surface area contributed by atoms with E-state index in [-0.39, 0.29) is 33.7 Å². The van der Waals surface area contributed by atoms with Crippen LogP contribution in [-0.2, 0) is 9.53 Å². The predicted molar refractivity (Wildman–Crippen MR) is 162 cm³/mol. The van der Waals surface area contributed by atoms with Crippen molar-refractivity contribution in [1.82, 2.24) is 0 Å². The largest absolute Gasteiger partial charge is 0.394 e. The molecule has 0 bridgehead atoms. The van der Waals surface area contributed by atoms with Crippen LogP contribution in [0.15, 0.2) is 11.6 Å². The van der Waals surface area contributed by atoms with Crippen LogP contribution < -0.4 is 0 Å². The van der Waals surface area contributed by atoms with E-state index in [1.54, 1.807) is 5.57 Å². The van der Waals surface area contributed by atoms with Gasteiger partial charge in [-0.1, -0.05) is 53.2 Å². The van der Waals surface area contributed by atoms with Crippen molar-refractivity contribution in [3.63, 3.8) is 0 Å². The fourth-order valence-corrected chi connectivity index (χ4v) is 12.1. The summed E-state index contributed by atoms with van der Waals surface area (Å²) in [6.07, 6.45) is 10.2. The second-order valence-corrected chi connectivity index (χ2v) is 17.5. The molecule has 12 unspecified atom stereocenters. The van der Waals surface area contributed by atoms with Crippen molar-refractivity contribution >= 4 is 5.78 Å². The van der Waals surface area contributed by atoms with E-state index in [1.165, 1.54) is 38.5 Å². The minimum Gasteiger partial charge on any atom is -0.394 e. The molecule has 6 aliphatic rings. The predicted octanol–water partition coefficient (Wildman–Crippen LogP) is 5.59. The molecule has 238 valence electrons. The Morgan fingerprint density at radius 1 is 0.810 bits per heavy atom. The highest BCUT2D eigenvalue weighted by Crippen LogP contribution is 2.72. The van der Waals surface area contributed by atoms with E-state index in [1.807, 2.05) is 0 Å². The molecule has 5 fully saturated rings. The van der Waals surface area contributed by atoms with Crippen LogP contribution in [0.4, 0.5) is 0 Å². The van der Waals surface area contributed by atoms with Crippen molar-refractivity contribution in [2.24, 2.45) is 50.7 Å². The maximum atomic E-state index is 13.0. The van der Waals surface area contributed by atoms with Crippen LogP contribution in [0.2, 0.25) is 0 Å². The number of rotatable bonds is 4. The van der Waals surface area contributed by atoms with Crippen molar-refractivity contribution in [2.45, 2.75) is 149 Å². The molecular weight excluding hydrogens is 528 g/mol. The number of aliphatic hydroxyl groups is 4. The zero-order valence-corrected chi connectivity index (χ0v) is 27.1. The normalized spacial score (nSPS) is 51.4. The molecule has 6 nitrogen and oxygen atoms in total. The van der Waals surface area contributed by atoms with Gasteiger partial charge in [0.1, 0.15) is 30.2 Å². The van der Waals surface area contributed by atoms with Gasteiger partial charge in [0.15, 0.2) is 0 Å². The molecule has 0 aromatic carbocycles. The quantitative estimate of drug-likeness (QED) is 0.320. The average molecular weight is 587 g/mol. The van der Waals surface area contributed by atoms with Gasteiger partial charge >= 0.3 is 0 Å². The zero-order chi connectivity index (χ0) is 30.5. The zero-order valence-electron chi connectivity index (χ0n) is 27.1. The van der Waals surface area contributed by atoms with Crippen LogP contribution in [0.1, 0.15) is 119 Å². The molecule has 0 spiro atoms. The van der Waals surface area contributed by atoms with Gasteiger partial charge in [-0.15, -0.1) is 0 Å². The molecule has 0 radical (unpaired) electrons. The van der Waals surface area contributed by atoms with Crippen LogP contribution in [0.25, 0.3) is 0 Å². The van der Waals surface area contributed by atoms with Gasteiger partial charge < -0.3 is 25.2 Å². The lowest BCUT2D eigenvalue weighted by Crippen LogP contribution is -2.61. The molecular formula is C36H58O6. The van der Waals surface area contributed by atoms with Crippen LogP contribution in [0.3, 0.4) is 0 Å². The molecule has 12 atom stereocenters. The molecule has 1 saturated heterocycles. The standard InChI is InChI=1S/C36H58O6/c1-32(2)17-18-36(16-10-24-29(39)31(41)30(40)25(20-37)42-24)15-9-22-21(23(36)19-32)7-8-27-34(22,5)13-11-26-33(3,4)28(38)12-14-35(26,27)6/h7,22-27,29-31,37,39-41H,8-20H2,1-6H3. The smallest absolute Gasteiger partial charge is 0.138 e. The minimum absolute atomic E-state index is 0.153. The number of hydrogen-bond acceptors (Lipinski definition) is 6. The van der Waals surface area contributed by atoms with Crippen LogP contribution >= 0.6 is 0 Å². The molecule has 1 aliphatic heterocycles. The Morgan fingerprint density at radius 3 is 2.24 bits per heavy atom. The summed E-state index contributed by atoms with van der Waals surface area (Å²) in [6, 6.07) is 0. The van der Waals surface area contributed by atoms with Gasteiger partial charge in [0.2, 0.25) is 0 Å². The van der Waals surface area contributed by atoms with E-state index in [9.17, 15) is 25.2 Å². The lowest BCUT2D eigenvalue weighted by Gasteiger charge is -2.67. The lowest BCUT2D eigenvalue weighted by atomic mass is 9.37. The topological polar surface area (TPSA) is 107 Å². The van der Waals surface area contributed by atoms with Gasteiger partial charge in [-0.05, 0) is 116 Å². The van der Waals surface area contributed by atoms with Gasteiger partial charge in [0.25, 0.3) is 0 Å². The van der Waals surface area contributed by atoms with Gasteiger partial charge in [0, 0.05) is 11.8 Å². The fourth-order valence-electron chi connectivity index (χ4n) is 12.1. The number of allylic oxidation sites excluding steroid dienone is 2. The minimum atomic E-state index is -1.30. The SMILES string of the molecule is CC1(C)CCC2(CCC3OC(CO)C(O)C(O)C3O)CCC3C(=CCC4C3(C)CCC3C(C)(C)C(=O)CCC34C)C2C1. The third-order valence-electron chi connectivity index (χ3n) is 14.7. The Hall–Kier alpha value is -0.790. The number of Topliss-reactive ketones (excluding diaryl/α,β-unsaturated/α-hetero) is 1. The fraction of sp³-hybridized carbons (Fsp3) is 0.917. The Bertz CT molecular complexity index is 1090. The van der Waals surface area contributed by atoms with Crippen molar-refractivity contribution < 1.29 is 30.0 Å². The van der Waals surface area contributed by atoms with E-state index in [4.69, 9.17) is 4.74 Å².